The summed E-state index contributed by atoms with van der Waals surface area (Å²) in [5.74, 6) is -0.772. The lowest BCUT2D eigenvalue weighted by atomic mass is 10.1. The van der Waals surface area contributed by atoms with E-state index in [1.807, 2.05) is 0 Å². The Morgan fingerprint density at radius 2 is 1.71 bits per heavy atom. The summed E-state index contributed by atoms with van der Waals surface area (Å²) in [5.41, 5.74) is 2.13. The van der Waals surface area contributed by atoms with Gasteiger partial charge in [0.15, 0.2) is 6.61 Å². The van der Waals surface area contributed by atoms with Gasteiger partial charge in [0.25, 0.3) is 11.8 Å². The topological polar surface area (TPSA) is 79.8 Å². The highest BCUT2D eigenvalue weighted by molar-refractivity contribution is 6.42. The third kappa shape index (κ3) is 7.23. The van der Waals surface area contributed by atoms with E-state index in [2.05, 4.69) is 15.8 Å². The SMILES string of the molecule is O=C(COc1ccc(/C=N/NC(=O)c2cccc(C(F)(F)F)c2)cc1)Nc1ccc(Cl)c(Cl)c1. The molecule has 0 bridgehead atoms. The fourth-order valence-electron chi connectivity index (χ4n) is 2.64. The van der Waals surface area contributed by atoms with E-state index in [1.54, 1.807) is 36.4 Å². The standard InChI is InChI=1S/C23H16Cl2F3N3O3/c24-19-9-6-17(11-20(19)25)30-21(32)13-34-18-7-4-14(5-8-18)12-29-31-22(33)15-2-1-3-16(10-15)23(26,27)28/h1-12H,13H2,(H,30,32)(H,31,33)/b29-12+. The van der Waals surface area contributed by atoms with Gasteiger partial charge in [-0.05, 0) is 66.2 Å². The second-order valence-corrected chi connectivity index (χ2v) is 7.63. The number of carbonyl (C=O) groups excluding carboxylic acids is 2. The van der Waals surface area contributed by atoms with Crippen LogP contribution < -0.4 is 15.5 Å². The maximum atomic E-state index is 12.8. The molecule has 0 aliphatic carbocycles. The van der Waals surface area contributed by atoms with Crippen molar-refractivity contribution in [3.63, 3.8) is 0 Å². The lowest BCUT2D eigenvalue weighted by molar-refractivity contribution is -0.137. The van der Waals surface area contributed by atoms with Crippen LogP contribution in [-0.2, 0) is 11.0 Å². The number of alkyl halides is 3. The van der Waals surface area contributed by atoms with Gasteiger partial charge in [0.05, 0.1) is 21.8 Å². The number of hydrogen-bond donors (Lipinski definition) is 2. The minimum absolute atomic E-state index is 0.171. The van der Waals surface area contributed by atoms with Crippen molar-refractivity contribution in [2.24, 2.45) is 5.10 Å². The number of hydrogen-bond acceptors (Lipinski definition) is 4. The van der Waals surface area contributed by atoms with Crippen LogP contribution in [0.5, 0.6) is 5.75 Å². The first-order valence-corrected chi connectivity index (χ1v) is 10.4. The van der Waals surface area contributed by atoms with Crippen molar-refractivity contribution in [1.82, 2.24) is 5.43 Å². The van der Waals surface area contributed by atoms with Gasteiger partial charge in [0.2, 0.25) is 0 Å². The number of anilines is 1. The van der Waals surface area contributed by atoms with E-state index in [0.717, 1.165) is 18.2 Å². The summed E-state index contributed by atoms with van der Waals surface area (Å²) in [5, 5.41) is 7.05. The minimum atomic E-state index is -4.55. The Morgan fingerprint density at radius 1 is 0.971 bits per heavy atom. The summed E-state index contributed by atoms with van der Waals surface area (Å²) in [6, 6.07) is 15.1. The monoisotopic (exact) mass is 509 g/mol. The highest BCUT2D eigenvalue weighted by Crippen LogP contribution is 2.29. The van der Waals surface area contributed by atoms with E-state index < -0.39 is 23.6 Å². The number of nitrogens with one attached hydrogen (secondary N) is 2. The molecule has 2 amide bonds. The first kappa shape index (κ1) is 25.1. The average molecular weight is 510 g/mol. The van der Waals surface area contributed by atoms with Crippen LogP contribution in [0.2, 0.25) is 10.0 Å². The van der Waals surface area contributed by atoms with Gasteiger partial charge in [0.1, 0.15) is 5.75 Å². The zero-order chi connectivity index (χ0) is 24.7. The number of ether oxygens (including phenoxy) is 1. The first-order chi connectivity index (χ1) is 16.1. The Balaban J connectivity index is 1.49. The predicted octanol–water partition coefficient (Wildman–Crippen LogP) is 5.79. The van der Waals surface area contributed by atoms with Crippen LogP contribution in [0.4, 0.5) is 18.9 Å². The lowest BCUT2D eigenvalue weighted by Crippen LogP contribution is -2.20. The number of rotatable bonds is 7. The van der Waals surface area contributed by atoms with Crippen molar-refractivity contribution in [2.75, 3.05) is 11.9 Å². The van der Waals surface area contributed by atoms with Crippen LogP contribution in [0.1, 0.15) is 21.5 Å². The van der Waals surface area contributed by atoms with Gasteiger partial charge < -0.3 is 10.1 Å². The van der Waals surface area contributed by atoms with Crippen molar-refractivity contribution in [1.29, 1.82) is 0 Å². The largest absolute Gasteiger partial charge is 0.484 e. The second-order valence-electron chi connectivity index (χ2n) is 6.81. The molecule has 0 saturated heterocycles. The van der Waals surface area contributed by atoms with Crippen molar-refractivity contribution < 1.29 is 27.5 Å². The summed E-state index contributed by atoms with van der Waals surface area (Å²) in [7, 11) is 0. The molecule has 6 nitrogen and oxygen atoms in total. The number of nitrogens with zero attached hydrogens (tertiary/aromatic N) is 1. The van der Waals surface area contributed by atoms with Crippen LogP contribution in [-0.4, -0.2) is 24.6 Å². The minimum Gasteiger partial charge on any atom is -0.484 e. The zero-order valence-electron chi connectivity index (χ0n) is 17.2. The number of carbonyl (C=O) groups is 2. The van der Waals surface area contributed by atoms with Gasteiger partial charge >= 0.3 is 6.18 Å². The number of benzene rings is 3. The smallest absolute Gasteiger partial charge is 0.416 e. The Labute approximate surface area is 202 Å². The fraction of sp³-hybridized carbons (Fsp3) is 0.0870. The van der Waals surface area contributed by atoms with Crippen LogP contribution in [0.15, 0.2) is 71.8 Å². The molecule has 0 heterocycles. The third-order valence-corrected chi connectivity index (χ3v) is 5.02. The summed E-state index contributed by atoms with van der Waals surface area (Å²) >= 11 is 11.7. The maximum absolute atomic E-state index is 12.8. The van der Waals surface area contributed by atoms with Gasteiger partial charge in [-0.25, -0.2) is 5.43 Å². The third-order valence-electron chi connectivity index (χ3n) is 4.29. The van der Waals surface area contributed by atoms with E-state index in [9.17, 15) is 22.8 Å². The molecular formula is C23H16Cl2F3N3O3. The molecule has 0 radical (unpaired) electrons. The van der Waals surface area contributed by atoms with Crippen molar-refractivity contribution in [2.45, 2.75) is 6.18 Å². The van der Waals surface area contributed by atoms with Gasteiger partial charge in [0, 0.05) is 11.3 Å². The van der Waals surface area contributed by atoms with E-state index in [0.29, 0.717) is 27.0 Å². The molecule has 3 aromatic carbocycles. The lowest BCUT2D eigenvalue weighted by Gasteiger charge is -2.08. The Bertz CT molecular complexity index is 1220. The molecule has 2 N–H and O–H groups in total. The molecule has 0 saturated carbocycles. The summed E-state index contributed by atoms with van der Waals surface area (Å²) < 4.78 is 43.7. The number of amides is 2. The first-order valence-electron chi connectivity index (χ1n) is 9.60. The quantitative estimate of drug-likeness (QED) is 0.312. The molecule has 11 heteroatoms. The molecule has 0 aliphatic heterocycles. The zero-order valence-corrected chi connectivity index (χ0v) is 18.7. The maximum Gasteiger partial charge on any atom is 0.416 e. The fourth-order valence-corrected chi connectivity index (χ4v) is 2.93. The Morgan fingerprint density at radius 3 is 2.38 bits per heavy atom. The average Bonchev–Trinajstić information content (AvgIpc) is 2.80. The van der Waals surface area contributed by atoms with E-state index in [-0.39, 0.29) is 12.2 Å². The molecule has 0 atom stereocenters. The second kappa shape index (κ2) is 11.0. The molecule has 176 valence electrons. The van der Waals surface area contributed by atoms with Crippen LogP contribution in [0, 0.1) is 0 Å². The highest BCUT2D eigenvalue weighted by atomic mass is 35.5. The molecule has 0 aliphatic rings. The van der Waals surface area contributed by atoms with Gasteiger partial charge in [-0.2, -0.15) is 18.3 Å². The van der Waals surface area contributed by atoms with Crippen molar-refractivity contribution in [3.8, 4) is 5.75 Å². The Kier molecular flexibility index (Phi) is 8.14. The molecule has 34 heavy (non-hydrogen) atoms. The molecule has 3 rings (SSSR count). The summed E-state index contributed by atoms with van der Waals surface area (Å²) in [4.78, 5) is 24.0. The molecular weight excluding hydrogens is 494 g/mol. The molecule has 0 spiro atoms. The molecule has 0 fully saturated rings. The normalized spacial score (nSPS) is 11.3. The van der Waals surface area contributed by atoms with Crippen molar-refractivity contribution >= 4 is 46.9 Å². The van der Waals surface area contributed by atoms with Gasteiger partial charge in [-0.15, -0.1) is 0 Å². The van der Waals surface area contributed by atoms with Crippen LogP contribution in [0.25, 0.3) is 0 Å². The molecule has 3 aromatic rings. The van der Waals surface area contributed by atoms with Gasteiger partial charge in [-0.1, -0.05) is 29.3 Å². The van der Waals surface area contributed by atoms with Gasteiger partial charge in [-0.3, -0.25) is 9.59 Å². The van der Waals surface area contributed by atoms with E-state index in [4.69, 9.17) is 27.9 Å². The molecule has 0 unspecified atom stereocenters. The van der Waals surface area contributed by atoms with Crippen LogP contribution >= 0.6 is 23.2 Å². The highest BCUT2D eigenvalue weighted by Gasteiger charge is 2.30. The van der Waals surface area contributed by atoms with Crippen molar-refractivity contribution in [3.05, 3.63) is 93.5 Å². The number of halogens is 5. The van der Waals surface area contributed by atoms with Crippen LogP contribution in [0.3, 0.4) is 0 Å². The summed E-state index contributed by atoms with van der Waals surface area (Å²) in [6.45, 7) is -0.249. The summed E-state index contributed by atoms with van der Waals surface area (Å²) in [6.07, 6.45) is -3.24. The predicted molar refractivity (Wildman–Crippen MR) is 124 cm³/mol. The Hall–Kier alpha value is -3.56. The van der Waals surface area contributed by atoms with E-state index in [1.165, 1.54) is 18.3 Å². The molecule has 0 aromatic heterocycles. The number of hydrazone groups is 1. The van der Waals surface area contributed by atoms with E-state index >= 15 is 0 Å².